The largest absolute Gasteiger partial charge is 0.338 e. The first-order valence-electron chi connectivity index (χ1n) is 7.73. The molecule has 0 spiro atoms. The van der Waals surface area contributed by atoms with Gasteiger partial charge in [-0.1, -0.05) is 36.4 Å². The predicted molar refractivity (Wildman–Crippen MR) is 87.2 cm³/mol. The lowest BCUT2D eigenvalue weighted by molar-refractivity contribution is -0.132. The number of nitrogens with zero attached hydrogens (tertiary/aromatic N) is 2. The van der Waals surface area contributed by atoms with Gasteiger partial charge in [-0.25, -0.2) is 0 Å². The summed E-state index contributed by atoms with van der Waals surface area (Å²) in [5.41, 5.74) is 3.84. The monoisotopic (exact) mass is 286 g/mol. The summed E-state index contributed by atoms with van der Waals surface area (Å²) in [7, 11) is 2.05. The third-order valence-electron chi connectivity index (χ3n) is 4.21. The maximum absolute atomic E-state index is 12.4. The Morgan fingerprint density at radius 2 is 2.05 bits per heavy atom. The topological polar surface area (TPSA) is 23.6 Å². The Hall–Kier alpha value is -1.61. The number of amides is 1. The molecule has 3 nitrogen and oxygen atoms in total. The van der Waals surface area contributed by atoms with Crippen LogP contribution in [0.4, 0.5) is 0 Å². The first kappa shape index (κ1) is 15.8. The molecule has 0 fully saturated rings. The minimum Gasteiger partial charge on any atom is -0.338 e. The first-order valence-corrected chi connectivity index (χ1v) is 7.73. The van der Waals surface area contributed by atoms with Crippen LogP contribution in [0.5, 0.6) is 0 Å². The molecule has 0 radical (unpaired) electrons. The van der Waals surface area contributed by atoms with Gasteiger partial charge in [0.25, 0.3) is 0 Å². The summed E-state index contributed by atoms with van der Waals surface area (Å²) in [6, 6.07) is 8.95. The van der Waals surface area contributed by atoms with Gasteiger partial charge in [0.2, 0.25) is 5.91 Å². The fraction of sp³-hybridized carbons (Fsp3) is 0.500. The van der Waals surface area contributed by atoms with Crippen LogP contribution in [-0.4, -0.2) is 42.4 Å². The van der Waals surface area contributed by atoms with Crippen molar-refractivity contribution in [3.63, 3.8) is 0 Å². The minimum absolute atomic E-state index is 0.187. The number of hydrogen-bond donors (Lipinski definition) is 0. The summed E-state index contributed by atoms with van der Waals surface area (Å²) in [5, 5.41) is 0. The molecule has 1 atom stereocenters. The smallest absolute Gasteiger partial charge is 0.237 e. The van der Waals surface area contributed by atoms with Crippen LogP contribution in [0, 0.1) is 0 Å². The molecule has 21 heavy (non-hydrogen) atoms. The molecule has 0 heterocycles. The molecule has 0 aromatic heterocycles. The molecular weight excluding hydrogens is 260 g/mol. The van der Waals surface area contributed by atoms with Gasteiger partial charge >= 0.3 is 0 Å². The van der Waals surface area contributed by atoms with Crippen LogP contribution in [0.15, 0.2) is 36.4 Å². The molecule has 1 aromatic carbocycles. The second-order valence-corrected chi connectivity index (χ2v) is 6.03. The van der Waals surface area contributed by atoms with Crippen LogP contribution >= 0.6 is 0 Å². The minimum atomic E-state index is 0.187. The van der Waals surface area contributed by atoms with Gasteiger partial charge in [-0.15, -0.1) is 0 Å². The maximum atomic E-state index is 12.4. The second-order valence-electron chi connectivity index (χ2n) is 6.03. The summed E-state index contributed by atoms with van der Waals surface area (Å²) in [6.07, 6.45) is 2.22. The zero-order valence-corrected chi connectivity index (χ0v) is 13.4. The van der Waals surface area contributed by atoms with Crippen molar-refractivity contribution in [3.05, 3.63) is 47.5 Å². The lowest BCUT2D eigenvalue weighted by atomic mass is 10.1. The van der Waals surface area contributed by atoms with Crippen molar-refractivity contribution in [1.29, 1.82) is 0 Å². The zero-order chi connectivity index (χ0) is 15.4. The third-order valence-corrected chi connectivity index (χ3v) is 4.21. The molecule has 0 unspecified atom stereocenters. The van der Waals surface area contributed by atoms with Crippen molar-refractivity contribution in [2.45, 2.75) is 32.7 Å². The fourth-order valence-electron chi connectivity index (χ4n) is 3.12. The number of likely N-dealkylation sites (N-methyl/N-ethyl adjacent to an activating group) is 2. The highest BCUT2D eigenvalue weighted by Crippen LogP contribution is 2.34. The summed E-state index contributed by atoms with van der Waals surface area (Å²) in [4.78, 5) is 16.5. The molecule has 1 aliphatic carbocycles. The molecule has 1 aromatic rings. The van der Waals surface area contributed by atoms with Gasteiger partial charge < -0.3 is 4.90 Å². The highest BCUT2D eigenvalue weighted by molar-refractivity contribution is 5.78. The number of carbonyl (C=O) groups excluding carboxylic acids is 1. The zero-order valence-electron chi connectivity index (χ0n) is 13.4. The maximum Gasteiger partial charge on any atom is 0.237 e. The van der Waals surface area contributed by atoms with Crippen molar-refractivity contribution in [3.8, 4) is 0 Å². The molecule has 3 heteroatoms. The average molecular weight is 286 g/mol. The van der Waals surface area contributed by atoms with Crippen LogP contribution in [0.25, 0.3) is 0 Å². The van der Waals surface area contributed by atoms with Crippen molar-refractivity contribution < 1.29 is 4.79 Å². The van der Waals surface area contributed by atoms with Gasteiger partial charge in [0.1, 0.15) is 0 Å². The number of carbonyl (C=O) groups is 1. The van der Waals surface area contributed by atoms with E-state index in [0.29, 0.717) is 19.1 Å². The number of fused-ring (bicyclic) bond motifs is 1. The van der Waals surface area contributed by atoms with Gasteiger partial charge in [0.05, 0.1) is 6.54 Å². The van der Waals surface area contributed by atoms with Crippen LogP contribution in [0.3, 0.4) is 0 Å². The van der Waals surface area contributed by atoms with Gasteiger partial charge in [-0.3, -0.25) is 9.69 Å². The van der Waals surface area contributed by atoms with E-state index in [1.54, 1.807) is 0 Å². The Kier molecular flexibility index (Phi) is 5.18. The Labute approximate surface area is 128 Å². The molecule has 0 saturated heterocycles. The molecule has 0 N–H and O–H groups in total. The first-order chi connectivity index (χ1) is 10.0. The van der Waals surface area contributed by atoms with Crippen LogP contribution in [0.1, 0.15) is 37.4 Å². The van der Waals surface area contributed by atoms with E-state index >= 15 is 0 Å². The summed E-state index contributed by atoms with van der Waals surface area (Å²) in [5.74, 6) is 0.187. The lowest BCUT2D eigenvalue weighted by Crippen LogP contribution is -2.40. The lowest BCUT2D eigenvalue weighted by Gasteiger charge is -2.28. The third kappa shape index (κ3) is 3.73. The van der Waals surface area contributed by atoms with E-state index in [9.17, 15) is 4.79 Å². The molecule has 114 valence electrons. The quantitative estimate of drug-likeness (QED) is 0.751. The normalized spacial score (nSPS) is 16.9. The van der Waals surface area contributed by atoms with Crippen molar-refractivity contribution in [2.24, 2.45) is 0 Å². The van der Waals surface area contributed by atoms with E-state index in [0.717, 1.165) is 25.0 Å². The van der Waals surface area contributed by atoms with Gasteiger partial charge in [0, 0.05) is 19.1 Å². The Balaban J connectivity index is 2.00. The second kappa shape index (κ2) is 6.90. The Morgan fingerprint density at radius 3 is 2.71 bits per heavy atom. The number of hydrogen-bond acceptors (Lipinski definition) is 2. The molecule has 0 bridgehead atoms. The van der Waals surface area contributed by atoms with E-state index in [1.165, 1.54) is 11.1 Å². The average Bonchev–Trinajstić information content (AvgIpc) is 2.88. The predicted octanol–water partition coefficient (Wildman–Crippen LogP) is 3.03. The SMILES string of the molecule is C=C(C)CN(CC)C(=O)CN(C)[C@H]1CCc2ccccc21. The van der Waals surface area contributed by atoms with E-state index in [-0.39, 0.29) is 5.91 Å². The van der Waals surface area contributed by atoms with E-state index < -0.39 is 0 Å². The molecule has 2 rings (SSSR count). The number of rotatable bonds is 6. The summed E-state index contributed by atoms with van der Waals surface area (Å²) in [6.45, 7) is 9.76. The van der Waals surface area contributed by atoms with Crippen LogP contribution < -0.4 is 0 Å². The van der Waals surface area contributed by atoms with Crippen molar-refractivity contribution in [1.82, 2.24) is 9.80 Å². The number of aryl methyl sites for hydroxylation is 1. The number of benzene rings is 1. The highest BCUT2D eigenvalue weighted by atomic mass is 16.2. The molecule has 1 aliphatic rings. The summed E-state index contributed by atoms with van der Waals surface area (Å²) >= 11 is 0. The van der Waals surface area contributed by atoms with Gasteiger partial charge in [-0.05, 0) is 44.9 Å². The van der Waals surface area contributed by atoms with Crippen molar-refractivity contribution >= 4 is 5.91 Å². The van der Waals surface area contributed by atoms with Crippen molar-refractivity contribution in [2.75, 3.05) is 26.7 Å². The van der Waals surface area contributed by atoms with E-state index in [2.05, 4.69) is 42.8 Å². The van der Waals surface area contributed by atoms with Crippen LogP contribution in [0.2, 0.25) is 0 Å². The molecule has 0 aliphatic heterocycles. The van der Waals surface area contributed by atoms with E-state index in [1.807, 2.05) is 18.7 Å². The fourth-order valence-corrected chi connectivity index (χ4v) is 3.12. The van der Waals surface area contributed by atoms with E-state index in [4.69, 9.17) is 0 Å². The molecule has 0 saturated carbocycles. The Morgan fingerprint density at radius 1 is 1.33 bits per heavy atom. The molecule has 1 amide bonds. The Bertz CT molecular complexity index is 524. The highest BCUT2D eigenvalue weighted by Gasteiger charge is 2.27. The summed E-state index contributed by atoms with van der Waals surface area (Å²) < 4.78 is 0. The van der Waals surface area contributed by atoms with Gasteiger partial charge in [-0.2, -0.15) is 0 Å². The van der Waals surface area contributed by atoms with Gasteiger partial charge in [0.15, 0.2) is 0 Å². The van der Waals surface area contributed by atoms with Crippen LogP contribution in [-0.2, 0) is 11.2 Å². The standard InChI is InChI=1S/C18H26N2O/c1-5-20(12-14(2)3)18(21)13-19(4)17-11-10-15-8-6-7-9-16(15)17/h6-9,17H,2,5,10-13H2,1,3-4H3/t17-/m0/s1. The molecular formula is C18H26N2O.